The lowest BCUT2D eigenvalue weighted by atomic mass is 10.1. The summed E-state index contributed by atoms with van der Waals surface area (Å²) >= 11 is 0. The second-order valence-electron chi connectivity index (χ2n) is 7.35. The van der Waals surface area contributed by atoms with Crippen molar-refractivity contribution in [2.45, 2.75) is 24.2 Å². The molecule has 2 heterocycles. The lowest BCUT2D eigenvalue weighted by Gasteiger charge is -2.26. The molecule has 2 aromatic carbocycles. The molecule has 1 N–H and O–H groups in total. The second-order valence-corrected chi connectivity index (χ2v) is 9.26. The van der Waals surface area contributed by atoms with Gasteiger partial charge < -0.3 is 9.88 Å². The van der Waals surface area contributed by atoms with Crippen LogP contribution < -0.4 is 5.32 Å². The first kappa shape index (κ1) is 21.2. The minimum atomic E-state index is -4.01. The molecular weight excluding hydrogens is 424 g/mol. The van der Waals surface area contributed by atoms with Gasteiger partial charge in [0.15, 0.2) is 0 Å². The Hall–Kier alpha value is -3.04. The van der Waals surface area contributed by atoms with E-state index in [1.165, 1.54) is 22.5 Å². The summed E-state index contributed by atoms with van der Waals surface area (Å²) in [5.41, 5.74) is 0.616. The average molecular weight is 445 g/mol. The number of hydrogen-bond donors (Lipinski definition) is 1. The fraction of sp³-hybridized carbons (Fsp3) is 0.227. The molecule has 0 bridgehead atoms. The Bertz CT molecular complexity index is 1200. The summed E-state index contributed by atoms with van der Waals surface area (Å²) in [4.78, 5) is 12.2. The SMILES string of the molecule is O=C(Nc1ccc(F)c(S(=O)(=O)N2CCCCC2)c1)c1cc(F)cc(-n2cccc2)c1. The Labute approximate surface area is 179 Å². The number of hydrogen-bond acceptors (Lipinski definition) is 3. The number of nitrogens with one attached hydrogen (secondary N) is 1. The maximum absolute atomic E-state index is 14.4. The highest BCUT2D eigenvalue weighted by atomic mass is 32.2. The number of carbonyl (C=O) groups is 1. The first-order chi connectivity index (χ1) is 14.8. The number of piperidine rings is 1. The molecule has 1 aromatic heterocycles. The van der Waals surface area contributed by atoms with E-state index in [1.54, 1.807) is 29.1 Å². The number of sulfonamides is 1. The van der Waals surface area contributed by atoms with Gasteiger partial charge in [-0.3, -0.25) is 4.79 Å². The number of anilines is 1. The summed E-state index contributed by atoms with van der Waals surface area (Å²) in [6, 6.07) is 10.8. The maximum atomic E-state index is 14.4. The van der Waals surface area contributed by atoms with Crippen LogP contribution in [-0.2, 0) is 10.0 Å². The van der Waals surface area contributed by atoms with E-state index in [1.807, 2.05) is 0 Å². The highest BCUT2D eigenvalue weighted by Crippen LogP contribution is 2.26. The van der Waals surface area contributed by atoms with E-state index in [-0.39, 0.29) is 11.3 Å². The molecule has 0 unspecified atom stereocenters. The molecular formula is C22H21F2N3O3S. The number of amides is 1. The van der Waals surface area contributed by atoms with E-state index in [4.69, 9.17) is 0 Å². The van der Waals surface area contributed by atoms with E-state index >= 15 is 0 Å². The molecule has 1 amide bonds. The van der Waals surface area contributed by atoms with Crippen molar-refractivity contribution in [1.82, 2.24) is 8.87 Å². The van der Waals surface area contributed by atoms with Crippen LogP contribution in [0, 0.1) is 11.6 Å². The summed E-state index contributed by atoms with van der Waals surface area (Å²) in [5, 5.41) is 2.54. The van der Waals surface area contributed by atoms with Crippen LogP contribution in [-0.4, -0.2) is 36.3 Å². The van der Waals surface area contributed by atoms with Crippen LogP contribution in [0.5, 0.6) is 0 Å². The average Bonchev–Trinajstić information content (AvgIpc) is 3.30. The standard InChI is InChI=1S/C22H21F2N3O3S/c23-17-12-16(13-19(14-17)26-8-4-5-9-26)22(28)25-18-6-7-20(24)21(15-18)31(29,30)27-10-2-1-3-11-27/h4-9,12-15H,1-3,10-11H2,(H,25,28). The quantitative estimate of drug-likeness (QED) is 0.640. The second kappa shape index (κ2) is 8.60. The zero-order valence-corrected chi connectivity index (χ0v) is 17.4. The molecule has 0 spiro atoms. The maximum Gasteiger partial charge on any atom is 0.255 e. The fourth-order valence-electron chi connectivity index (χ4n) is 3.59. The lowest BCUT2D eigenvalue weighted by molar-refractivity contribution is 0.102. The van der Waals surface area contributed by atoms with Crippen molar-refractivity contribution in [2.75, 3.05) is 18.4 Å². The molecule has 6 nitrogen and oxygen atoms in total. The van der Waals surface area contributed by atoms with Gasteiger partial charge in [-0.1, -0.05) is 6.42 Å². The Morgan fingerprint density at radius 1 is 0.935 bits per heavy atom. The normalized spacial score (nSPS) is 15.0. The van der Waals surface area contributed by atoms with Gasteiger partial charge >= 0.3 is 0 Å². The minimum Gasteiger partial charge on any atom is -0.324 e. The van der Waals surface area contributed by atoms with Crippen molar-refractivity contribution < 1.29 is 22.0 Å². The van der Waals surface area contributed by atoms with Crippen molar-refractivity contribution in [1.29, 1.82) is 0 Å². The molecule has 4 rings (SSSR count). The van der Waals surface area contributed by atoms with Crippen molar-refractivity contribution in [3.05, 3.63) is 78.1 Å². The van der Waals surface area contributed by atoms with Gasteiger partial charge in [-0.05, 0) is 61.4 Å². The van der Waals surface area contributed by atoms with Crippen LogP contribution in [0.4, 0.5) is 14.5 Å². The first-order valence-electron chi connectivity index (χ1n) is 9.89. The van der Waals surface area contributed by atoms with E-state index < -0.39 is 32.5 Å². The smallest absolute Gasteiger partial charge is 0.255 e. The predicted octanol–water partition coefficient (Wildman–Crippen LogP) is 4.18. The number of aromatic nitrogens is 1. The Morgan fingerprint density at radius 2 is 1.65 bits per heavy atom. The molecule has 0 atom stereocenters. The van der Waals surface area contributed by atoms with Gasteiger partial charge in [-0.2, -0.15) is 4.31 Å². The van der Waals surface area contributed by atoms with Crippen LogP contribution in [0.15, 0.2) is 65.8 Å². The predicted molar refractivity (Wildman–Crippen MR) is 113 cm³/mol. The third-order valence-corrected chi connectivity index (χ3v) is 7.08. The van der Waals surface area contributed by atoms with Crippen LogP contribution in [0.1, 0.15) is 29.6 Å². The number of halogens is 2. The summed E-state index contributed by atoms with van der Waals surface area (Å²) in [5.74, 6) is -2.12. The van der Waals surface area contributed by atoms with Gasteiger partial charge in [0, 0.05) is 42.4 Å². The van der Waals surface area contributed by atoms with E-state index in [2.05, 4.69) is 5.32 Å². The molecule has 1 saturated heterocycles. The van der Waals surface area contributed by atoms with E-state index in [0.717, 1.165) is 37.5 Å². The summed E-state index contributed by atoms with van der Waals surface area (Å²) in [6.45, 7) is 0.674. The van der Waals surface area contributed by atoms with Crippen LogP contribution in [0.2, 0.25) is 0 Å². The number of rotatable bonds is 5. The van der Waals surface area contributed by atoms with Crippen molar-refractivity contribution >= 4 is 21.6 Å². The van der Waals surface area contributed by atoms with E-state index in [0.29, 0.717) is 18.8 Å². The zero-order chi connectivity index (χ0) is 22.0. The molecule has 162 valence electrons. The van der Waals surface area contributed by atoms with Gasteiger partial charge in [0.1, 0.15) is 16.5 Å². The zero-order valence-electron chi connectivity index (χ0n) is 16.6. The number of benzene rings is 2. The van der Waals surface area contributed by atoms with Gasteiger partial charge in [-0.25, -0.2) is 17.2 Å². The fourth-order valence-corrected chi connectivity index (χ4v) is 5.19. The largest absolute Gasteiger partial charge is 0.324 e. The Kier molecular flexibility index (Phi) is 5.88. The molecule has 9 heteroatoms. The van der Waals surface area contributed by atoms with Crippen molar-refractivity contribution in [2.24, 2.45) is 0 Å². The number of nitrogens with zero attached hydrogens (tertiary/aromatic N) is 2. The third kappa shape index (κ3) is 4.52. The third-order valence-electron chi connectivity index (χ3n) is 5.17. The van der Waals surface area contributed by atoms with Crippen LogP contribution in [0.3, 0.4) is 0 Å². The molecule has 1 fully saturated rings. The highest BCUT2D eigenvalue weighted by molar-refractivity contribution is 7.89. The summed E-state index contributed by atoms with van der Waals surface area (Å²) in [7, 11) is -4.01. The highest BCUT2D eigenvalue weighted by Gasteiger charge is 2.29. The van der Waals surface area contributed by atoms with Crippen LogP contribution >= 0.6 is 0 Å². The van der Waals surface area contributed by atoms with Gasteiger partial charge in [0.25, 0.3) is 5.91 Å². The molecule has 1 aliphatic rings. The van der Waals surface area contributed by atoms with Crippen molar-refractivity contribution in [3.8, 4) is 5.69 Å². The summed E-state index contributed by atoms with van der Waals surface area (Å²) in [6.07, 6.45) is 5.81. The van der Waals surface area contributed by atoms with Crippen molar-refractivity contribution in [3.63, 3.8) is 0 Å². The van der Waals surface area contributed by atoms with Gasteiger partial charge in [-0.15, -0.1) is 0 Å². The monoisotopic (exact) mass is 445 g/mol. The van der Waals surface area contributed by atoms with E-state index in [9.17, 15) is 22.0 Å². The molecule has 0 radical (unpaired) electrons. The molecule has 0 aliphatic carbocycles. The topological polar surface area (TPSA) is 71.4 Å². The molecule has 31 heavy (non-hydrogen) atoms. The minimum absolute atomic E-state index is 0.0495. The Balaban J connectivity index is 1.60. The Morgan fingerprint density at radius 3 is 2.35 bits per heavy atom. The lowest BCUT2D eigenvalue weighted by Crippen LogP contribution is -2.36. The molecule has 1 aliphatic heterocycles. The molecule has 0 saturated carbocycles. The first-order valence-corrected chi connectivity index (χ1v) is 11.3. The van der Waals surface area contributed by atoms with Gasteiger partial charge in [0.2, 0.25) is 10.0 Å². The van der Waals surface area contributed by atoms with Crippen LogP contribution in [0.25, 0.3) is 5.69 Å². The van der Waals surface area contributed by atoms with Gasteiger partial charge in [0.05, 0.1) is 0 Å². The number of carbonyl (C=O) groups excluding carboxylic acids is 1. The molecule has 3 aromatic rings. The summed E-state index contributed by atoms with van der Waals surface area (Å²) < 4.78 is 57.1.